The standard InChI is InChI=1S/C11H21NOS/c1-11(2,3)9-4-6-12(7-5-9)10(13)8-14/h9,14H,4-8H2,1-3H3. The first-order chi connectivity index (χ1) is 6.45. The Hall–Kier alpha value is -0.180. The lowest BCUT2D eigenvalue weighted by molar-refractivity contribution is -0.130. The molecular weight excluding hydrogens is 194 g/mol. The van der Waals surface area contributed by atoms with Crippen LogP contribution in [0.25, 0.3) is 0 Å². The van der Waals surface area contributed by atoms with Crippen molar-refractivity contribution < 1.29 is 4.79 Å². The first-order valence-corrected chi connectivity index (χ1v) is 5.97. The second-order valence-electron chi connectivity index (χ2n) is 5.18. The van der Waals surface area contributed by atoms with E-state index in [2.05, 4.69) is 33.4 Å². The highest BCUT2D eigenvalue weighted by Gasteiger charge is 2.29. The number of nitrogens with zero attached hydrogens (tertiary/aromatic N) is 1. The molecule has 82 valence electrons. The minimum atomic E-state index is 0.181. The van der Waals surface area contributed by atoms with Crippen molar-refractivity contribution in [3.05, 3.63) is 0 Å². The molecule has 1 fully saturated rings. The summed E-state index contributed by atoms with van der Waals surface area (Å²) < 4.78 is 0. The molecule has 0 atom stereocenters. The predicted octanol–water partition coefficient (Wildman–Crippen LogP) is 2.20. The lowest BCUT2D eigenvalue weighted by Gasteiger charge is -2.38. The Bertz CT molecular complexity index is 202. The Morgan fingerprint density at radius 1 is 1.36 bits per heavy atom. The average Bonchev–Trinajstić information content (AvgIpc) is 2.15. The van der Waals surface area contributed by atoms with Gasteiger partial charge in [0.25, 0.3) is 0 Å². The molecule has 0 N–H and O–H groups in total. The van der Waals surface area contributed by atoms with Crippen molar-refractivity contribution in [1.29, 1.82) is 0 Å². The number of carbonyl (C=O) groups is 1. The number of likely N-dealkylation sites (tertiary alicyclic amines) is 1. The van der Waals surface area contributed by atoms with Gasteiger partial charge in [0.1, 0.15) is 0 Å². The molecule has 0 saturated carbocycles. The van der Waals surface area contributed by atoms with Crippen molar-refractivity contribution >= 4 is 18.5 Å². The highest BCUT2D eigenvalue weighted by Crippen LogP contribution is 2.34. The van der Waals surface area contributed by atoms with Crippen molar-refractivity contribution in [2.75, 3.05) is 18.8 Å². The Kier molecular flexibility index (Phi) is 3.87. The third kappa shape index (κ3) is 2.91. The second-order valence-corrected chi connectivity index (χ2v) is 5.50. The third-order valence-electron chi connectivity index (χ3n) is 3.21. The molecule has 0 bridgehead atoms. The lowest BCUT2D eigenvalue weighted by Crippen LogP contribution is -2.41. The molecule has 0 aromatic rings. The molecular formula is C11H21NOS. The second kappa shape index (κ2) is 4.56. The van der Waals surface area contributed by atoms with Crippen molar-refractivity contribution in [1.82, 2.24) is 4.90 Å². The summed E-state index contributed by atoms with van der Waals surface area (Å²) in [5.74, 6) is 1.28. The van der Waals surface area contributed by atoms with Crippen LogP contribution in [0, 0.1) is 11.3 Å². The number of thiol groups is 1. The van der Waals surface area contributed by atoms with Gasteiger partial charge in [0, 0.05) is 13.1 Å². The van der Waals surface area contributed by atoms with E-state index >= 15 is 0 Å². The van der Waals surface area contributed by atoms with Crippen molar-refractivity contribution in [2.24, 2.45) is 11.3 Å². The molecule has 0 aromatic heterocycles. The van der Waals surface area contributed by atoms with Gasteiger partial charge in [-0.3, -0.25) is 4.79 Å². The van der Waals surface area contributed by atoms with E-state index in [1.165, 1.54) is 0 Å². The Morgan fingerprint density at radius 3 is 2.21 bits per heavy atom. The van der Waals surface area contributed by atoms with Crippen molar-refractivity contribution in [3.63, 3.8) is 0 Å². The van der Waals surface area contributed by atoms with Crippen LogP contribution in [0.15, 0.2) is 0 Å². The maximum absolute atomic E-state index is 11.4. The van der Waals surface area contributed by atoms with Crippen LogP contribution in [0.2, 0.25) is 0 Å². The zero-order chi connectivity index (χ0) is 10.8. The van der Waals surface area contributed by atoms with E-state index in [1.807, 2.05) is 4.90 Å². The SMILES string of the molecule is CC(C)(C)C1CCN(C(=O)CS)CC1. The van der Waals surface area contributed by atoms with Crippen LogP contribution in [0.4, 0.5) is 0 Å². The summed E-state index contributed by atoms with van der Waals surface area (Å²) in [5.41, 5.74) is 0.385. The molecule has 0 aromatic carbocycles. The van der Waals surface area contributed by atoms with Crippen LogP contribution >= 0.6 is 12.6 Å². The summed E-state index contributed by atoms with van der Waals surface area (Å²) in [4.78, 5) is 13.3. The predicted molar refractivity (Wildman–Crippen MR) is 62.6 cm³/mol. The fourth-order valence-electron chi connectivity index (χ4n) is 2.09. The quantitative estimate of drug-likeness (QED) is 0.665. The number of rotatable bonds is 1. The van der Waals surface area contributed by atoms with Gasteiger partial charge in [-0.25, -0.2) is 0 Å². The van der Waals surface area contributed by atoms with Gasteiger partial charge in [0.2, 0.25) is 5.91 Å². The van der Waals surface area contributed by atoms with Gasteiger partial charge in [0.15, 0.2) is 0 Å². The largest absolute Gasteiger partial charge is 0.342 e. The van der Waals surface area contributed by atoms with E-state index in [0.717, 1.165) is 31.8 Å². The van der Waals surface area contributed by atoms with Crippen molar-refractivity contribution in [3.8, 4) is 0 Å². The summed E-state index contributed by atoms with van der Waals surface area (Å²) in [6.45, 7) is 8.69. The monoisotopic (exact) mass is 215 g/mol. The van der Waals surface area contributed by atoms with Crippen LogP contribution in [0.3, 0.4) is 0 Å². The Morgan fingerprint density at radius 2 is 1.86 bits per heavy atom. The van der Waals surface area contributed by atoms with Crippen LogP contribution in [0.5, 0.6) is 0 Å². The minimum Gasteiger partial charge on any atom is -0.342 e. The molecule has 2 nitrogen and oxygen atoms in total. The minimum absolute atomic E-state index is 0.181. The number of amides is 1. The molecule has 1 saturated heterocycles. The van der Waals surface area contributed by atoms with Gasteiger partial charge in [-0.1, -0.05) is 20.8 Å². The fourth-order valence-corrected chi connectivity index (χ4v) is 2.29. The van der Waals surface area contributed by atoms with Crippen LogP contribution in [-0.2, 0) is 4.79 Å². The average molecular weight is 215 g/mol. The third-order valence-corrected chi connectivity index (χ3v) is 3.48. The highest BCUT2D eigenvalue weighted by molar-refractivity contribution is 7.81. The summed E-state index contributed by atoms with van der Waals surface area (Å²) in [7, 11) is 0. The summed E-state index contributed by atoms with van der Waals surface area (Å²) in [6, 6.07) is 0. The number of piperidine rings is 1. The van der Waals surface area contributed by atoms with E-state index in [0.29, 0.717) is 11.2 Å². The zero-order valence-corrected chi connectivity index (χ0v) is 10.3. The molecule has 1 aliphatic heterocycles. The molecule has 3 heteroatoms. The van der Waals surface area contributed by atoms with E-state index in [9.17, 15) is 4.79 Å². The fraction of sp³-hybridized carbons (Fsp3) is 0.909. The summed E-state index contributed by atoms with van der Waals surface area (Å²) in [5, 5.41) is 0. The molecule has 1 amide bonds. The highest BCUT2D eigenvalue weighted by atomic mass is 32.1. The topological polar surface area (TPSA) is 20.3 Å². The Balaban J connectivity index is 2.43. The maximum atomic E-state index is 11.4. The van der Waals surface area contributed by atoms with Crippen LogP contribution < -0.4 is 0 Å². The summed E-state index contributed by atoms with van der Waals surface area (Å²) in [6.07, 6.45) is 2.28. The van der Waals surface area contributed by atoms with Gasteiger partial charge in [-0.2, -0.15) is 12.6 Å². The van der Waals surface area contributed by atoms with E-state index < -0.39 is 0 Å². The van der Waals surface area contributed by atoms with E-state index in [4.69, 9.17) is 0 Å². The molecule has 0 unspecified atom stereocenters. The molecule has 14 heavy (non-hydrogen) atoms. The maximum Gasteiger partial charge on any atom is 0.232 e. The van der Waals surface area contributed by atoms with Crippen LogP contribution in [-0.4, -0.2) is 29.6 Å². The van der Waals surface area contributed by atoms with Gasteiger partial charge in [-0.05, 0) is 24.2 Å². The van der Waals surface area contributed by atoms with Crippen molar-refractivity contribution in [2.45, 2.75) is 33.6 Å². The Labute approximate surface area is 92.5 Å². The van der Waals surface area contributed by atoms with Gasteiger partial charge in [0.05, 0.1) is 5.75 Å². The van der Waals surface area contributed by atoms with Gasteiger partial charge >= 0.3 is 0 Å². The lowest BCUT2D eigenvalue weighted by atomic mass is 9.75. The van der Waals surface area contributed by atoms with Gasteiger partial charge < -0.3 is 4.90 Å². The summed E-state index contributed by atoms with van der Waals surface area (Å²) >= 11 is 4.01. The van der Waals surface area contributed by atoms with E-state index in [1.54, 1.807) is 0 Å². The van der Waals surface area contributed by atoms with Crippen LogP contribution in [0.1, 0.15) is 33.6 Å². The molecule has 1 rings (SSSR count). The van der Waals surface area contributed by atoms with E-state index in [-0.39, 0.29) is 5.91 Å². The smallest absolute Gasteiger partial charge is 0.232 e. The molecule has 1 heterocycles. The normalized spacial score (nSPS) is 19.9. The number of hydrogen-bond donors (Lipinski definition) is 1. The number of hydrogen-bond acceptors (Lipinski definition) is 2. The zero-order valence-electron chi connectivity index (χ0n) is 9.42. The molecule has 0 spiro atoms. The number of carbonyl (C=O) groups excluding carboxylic acids is 1. The molecule has 0 radical (unpaired) electrons. The first-order valence-electron chi connectivity index (χ1n) is 5.34. The van der Waals surface area contributed by atoms with Gasteiger partial charge in [-0.15, -0.1) is 0 Å². The molecule has 1 aliphatic rings. The molecule has 0 aliphatic carbocycles. The first kappa shape index (κ1) is 11.9.